The summed E-state index contributed by atoms with van der Waals surface area (Å²) in [4.78, 5) is 18.4. The maximum Gasteiger partial charge on any atom is 0.418 e. The fourth-order valence-electron chi connectivity index (χ4n) is 2.70. The van der Waals surface area contributed by atoms with Crippen molar-refractivity contribution in [2.75, 3.05) is 18.9 Å². The Labute approximate surface area is 164 Å². The first-order chi connectivity index (χ1) is 13.3. The van der Waals surface area contributed by atoms with Crippen LogP contribution in [0.4, 0.5) is 18.9 Å². The van der Waals surface area contributed by atoms with Crippen molar-refractivity contribution in [2.24, 2.45) is 0 Å². The van der Waals surface area contributed by atoms with Crippen molar-refractivity contribution in [1.29, 1.82) is 0 Å². The minimum absolute atomic E-state index is 0.0512. The fourth-order valence-corrected chi connectivity index (χ4v) is 3.52. The maximum atomic E-state index is 13.0. The summed E-state index contributed by atoms with van der Waals surface area (Å²) in [6, 6.07) is 14.7. The van der Waals surface area contributed by atoms with E-state index in [-0.39, 0.29) is 12.2 Å². The maximum absolute atomic E-state index is 13.0. The van der Waals surface area contributed by atoms with Gasteiger partial charge in [-0.15, -0.1) is 11.3 Å². The molecule has 3 rings (SSSR count). The van der Waals surface area contributed by atoms with E-state index < -0.39 is 17.6 Å². The van der Waals surface area contributed by atoms with E-state index in [2.05, 4.69) is 10.3 Å². The van der Waals surface area contributed by atoms with Crippen molar-refractivity contribution in [3.8, 4) is 10.6 Å². The molecule has 8 heteroatoms. The molecule has 28 heavy (non-hydrogen) atoms. The average Bonchev–Trinajstić information content (AvgIpc) is 3.10. The van der Waals surface area contributed by atoms with E-state index in [9.17, 15) is 18.0 Å². The molecule has 0 saturated heterocycles. The molecule has 2 aromatic carbocycles. The normalized spacial score (nSPS) is 11.6. The zero-order valence-electron chi connectivity index (χ0n) is 15.0. The smallest absolute Gasteiger partial charge is 0.324 e. The predicted molar refractivity (Wildman–Crippen MR) is 104 cm³/mol. The van der Waals surface area contributed by atoms with Gasteiger partial charge in [0.25, 0.3) is 0 Å². The SMILES string of the molecule is CN(CC(=O)Nc1ccccc1C(F)(F)F)Cc1csc(-c2ccccc2)n1. The summed E-state index contributed by atoms with van der Waals surface area (Å²) in [5, 5.41) is 5.14. The molecule has 0 aliphatic heterocycles. The molecule has 0 saturated carbocycles. The molecule has 0 unspecified atom stereocenters. The topological polar surface area (TPSA) is 45.2 Å². The zero-order valence-corrected chi connectivity index (χ0v) is 15.8. The Morgan fingerprint density at radius 3 is 2.50 bits per heavy atom. The molecule has 4 nitrogen and oxygen atoms in total. The highest BCUT2D eigenvalue weighted by atomic mass is 32.1. The third-order valence-corrected chi connectivity index (χ3v) is 4.86. The van der Waals surface area contributed by atoms with Crippen molar-refractivity contribution in [3.63, 3.8) is 0 Å². The van der Waals surface area contributed by atoms with Gasteiger partial charge in [-0.05, 0) is 19.2 Å². The number of likely N-dealkylation sites (N-methyl/N-ethyl adjacent to an activating group) is 1. The molecule has 0 fully saturated rings. The Bertz CT molecular complexity index is 941. The van der Waals surface area contributed by atoms with E-state index >= 15 is 0 Å². The number of alkyl halides is 3. The lowest BCUT2D eigenvalue weighted by atomic mass is 10.1. The van der Waals surface area contributed by atoms with E-state index in [4.69, 9.17) is 0 Å². The molecule has 146 valence electrons. The van der Waals surface area contributed by atoms with Crippen LogP contribution < -0.4 is 5.32 Å². The largest absolute Gasteiger partial charge is 0.418 e. The number of halogens is 3. The van der Waals surface area contributed by atoms with Crippen LogP contribution in [0.2, 0.25) is 0 Å². The van der Waals surface area contributed by atoms with Crippen LogP contribution in [0, 0.1) is 0 Å². The van der Waals surface area contributed by atoms with Crippen LogP contribution in [0.1, 0.15) is 11.3 Å². The quantitative estimate of drug-likeness (QED) is 0.635. The molecule has 0 atom stereocenters. The van der Waals surface area contributed by atoms with Gasteiger partial charge in [0.15, 0.2) is 0 Å². The second kappa shape index (κ2) is 8.53. The van der Waals surface area contributed by atoms with Gasteiger partial charge in [0.2, 0.25) is 5.91 Å². The predicted octanol–water partition coefficient (Wildman–Crippen LogP) is 4.90. The second-order valence-electron chi connectivity index (χ2n) is 6.27. The van der Waals surface area contributed by atoms with E-state index in [0.29, 0.717) is 6.54 Å². The van der Waals surface area contributed by atoms with Crippen LogP contribution in [-0.4, -0.2) is 29.4 Å². The highest BCUT2D eigenvalue weighted by Crippen LogP contribution is 2.34. The van der Waals surface area contributed by atoms with Crippen LogP contribution >= 0.6 is 11.3 Å². The number of anilines is 1. The summed E-state index contributed by atoms with van der Waals surface area (Å²) in [5.74, 6) is -0.516. The van der Waals surface area contributed by atoms with Gasteiger partial charge < -0.3 is 5.32 Å². The van der Waals surface area contributed by atoms with Gasteiger partial charge in [-0.2, -0.15) is 13.2 Å². The lowest BCUT2D eigenvalue weighted by Crippen LogP contribution is -2.30. The Morgan fingerprint density at radius 2 is 1.79 bits per heavy atom. The first kappa shape index (κ1) is 20.0. The van der Waals surface area contributed by atoms with Crippen LogP contribution in [0.15, 0.2) is 60.0 Å². The van der Waals surface area contributed by atoms with Gasteiger partial charge >= 0.3 is 6.18 Å². The monoisotopic (exact) mass is 405 g/mol. The number of nitrogens with one attached hydrogen (secondary N) is 1. The fraction of sp³-hybridized carbons (Fsp3) is 0.200. The Hall–Kier alpha value is -2.71. The first-order valence-corrected chi connectivity index (χ1v) is 9.35. The number of hydrogen-bond acceptors (Lipinski definition) is 4. The molecule has 0 aliphatic carbocycles. The molecular weight excluding hydrogens is 387 g/mol. The molecule has 0 bridgehead atoms. The molecule has 0 radical (unpaired) electrons. The van der Waals surface area contributed by atoms with Gasteiger partial charge in [0.1, 0.15) is 5.01 Å². The Kier molecular flexibility index (Phi) is 6.11. The molecule has 1 amide bonds. The van der Waals surface area contributed by atoms with Gasteiger partial charge in [-0.3, -0.25) is 9.69 Å². The van der Waals surface area contributed by atoms with Crippen LogP contribution in [-0.2, 0) is 17.5 Å². The zero-order chi connectivity index (χ0) is 20.1. The van der Waals surface area contributed by atoms with E-state index in [1.807, 2.05) is 35.7 Å². The van der Waals surface area contributed by atoms with Crippen molar-refractivity contribution >= 4 is 22.9 Å². The number of nitrogens with zero attached hydrogens (tertiary/aromatic N) is 2. The Morgan fingerprint density at radius 1 is 1.11 bits per heavy atom. The average molecular weight is 405 g/mol. The highest BCUT2D eigenvalue weighted by Gasteiger charge is 2.33. The number of para-hydroxylation sites is 1. The summed E-state index contributed by atoms with van der Waals surface area (Å²) in [6.45, 7) is 0.363. The molecule has 0 aliphatic rings. The second-order valence-corrected chi connectivity index (χ2v) is 7.13. The number of carbonyl (C=O) groups is 1. The van der Waals surface area contributed by atoms with Gasteiger partial charge in [-0.1, -0.05) is 42.5 Å². The minimum atomic E-state index is -4.52. The standard InChI is InChI=1S/C20H18F3N3OS/c1-26(11-15-13-28-19(24-15)14-7-3-2-4-8-14)12-18(27)25-17-10-6-5-9-16(17)20(21,22)23/h2-10,13H,11-12H2,1H3,(H,25,27). The molecule has 3 aromatic rings. The third-order valence-electron chi connectivity index (χ3n) is 3.92. The van der Waals surface area contributed by atoms with Crippen LogP contribution in [0.25, 0.3) is 10.6 Å². The first-order valence-electron chi connectivity index (χ1n) is 8.47. The third kappa shape index (κ3) is 5.17. The van der Waals surface area contributed by atoms with Crippen LogP contribution in [0.3, 0.4) is 0 Å². The molecule has 1 aromatic heterocycles. The van der Waals surface area contributed by atoms with Crippen molar-refractivity contribution in [1.82, 2.24) is 9.88 Å². The summed E-state index contributed by atoms with van der Waals surface area (Å²) < 4.78 is 39.1. The van der Waals surface area contributed by atoms with Crippen molar-refractivity contribution < 1.29 is 18.0 Å². The van der Waals surface area contributed by atoms with Crippen molar-refractivity contribution in [3.05, 3.63) is 71.2 Å². The summed E-state index contributed by atoms with van der Waals surface area (Å²) in [5.41, 5.74) is 0.712. The highest BCUT2D eigenvalue weighted by molar-refractivity contribution is 7.13. The van der Waals surface area contributed by atoms with E-state index in [0.717, 1.165) is 22.3 Å². The number of thiazole rings is 1. The molecular formula is C20H18F3N3OS. The van der Waals surface area contributed by atoms with Gasteiger partial charge in [-0.25, -0.2) is 4.98 Å². The number of benzene rings is 2. The van der Waals surface area contributed by atoms with Crippen molar-refractivity contribution in [2.45, 2.75) is 12.7 Å². The minimum Gasteiger partial charge on any atom is -0.324 e. The molecule has 0 spiro atoms. The number of rotatable bonds is 6. The summed E-state index contributed by atoms with van der Waals surface area (Å²) in [7, 11) is 1.72. The van der Waals surface area contributed by atoms with Crippen LogP contribution in [0.5, 0.6) is 0 Å². The lowest BCUT2D eigenvalue weighted by molar-refractivity contribution is -0.137. The van der Waals surface area contributed by atoms with E-state index in [1.54, 1.807) is 11.9 Å². The number of aromatic nitrogens is 1. The Balaban J connectivity index is 1.59. The number of amides is 1. The van der Waals surface area contributed by atoms with Gasteiger partial charge in [0, 0.05) is 17.5 Å². The number of hydrogen-bond donors (Lipinski definition) is 1. The lowest BCUT2D eigenvalue weighted by Gasteiger charge is -2.17. The molecule has 1 heterocycles. The summed E-state index contributed by atoms with van der Waals surface area (Å²) >= 11 is 1.51. The molecule has 1 N–H and O–H groups in total. The number of carbonyl (C=O) groups excluding carboxylic acids is 1. The summed E-state index contributed by atoms with van der Waals surface area (Å²) in [6.07, 6.45) is -4.52. The van der Waals surface area contributed by atoms with E-state index in [1.165, 1.54) is 29.5 Å². The van der Waals surface area contributed by atoms with Gasteiger partial charge in [0.05, 0.1) is 23.5 Å².